The number of rotatable bonds is 11. The number of hydrogen-bond acceptors (Lipinski definition) is 5. The molecule has 5 nitrogen and oxygen atoms in total. The molecule has 1 atom stereocenters. The molecule has 0 aromatic carbocycles. The van der Waals surface area contributed by atoms with Crippen molar-refractivity contribution >= 4 is 0 Å². The van der Waals surface area contributed by atoms with E-state index in [1.807, 2.05) is 19.1 Å². The minimum Gasteiger partial charge on any atom is -0.465 e. The number of nitrogens with zero attached hydrogens (tertiary/aromatic N) is 1. The number of aliphatic hydroxyl groups is 1. The van der Waals surface area contributed by atoms with E-state index in [1.54, 1.807) is 13.2 Å². The molecule has 1 unspecified atom stereocenters. The summed E-state index contributed by atoms with van der Waals surface area (Å²) in [6, 6.07) is 3.89. The summed E-state index contributed by atoms with van der Waals surface area (Å²) in [6.45, 7) is 8.74. The van der Waals surface area contributed by atoms with E-state index in [4.69, 9.17) is 13.9 Å². The van der Waals surface area contributed by atoms with E-state index in [2.05, 4.69) is 11.5 Å². The van der Waals surface area contributed by atoms with Crippen molar-refractivity contribution in [3.63, 3.8) is 0 Å². The van der Waals surface area contributed by atoms with Crippen molar-refractivity contribution in [2.75, 3.05) is 40.0 Å². The molecule has 0 aliphatic rings. The molecule has 1 rings (SSSR count). The van der Waals surface area contributed by atoms with Crippen LogP contribution in [0, 0.1) is 6.92 Å². The molecule has 5 heteroatoms. The van der Waals surface area contributed by atoms with Crippen molar-refractivity contribution in [3.05, 3.63) is 36.3 Å². The Kier molecular flexibility index (Phi) is 8.22. The van der Waals surface area contributed by atoms with E-state index in [0.717, 1.165) is 18.1 Å². The van der Waals surface area contributed by atoms with E-state index in [0.29, 0.717) is 32.9 Å². The fraction of sp³-hybridized carbons (Fsp3) is 0.600. The van der Waals surface area contributed by atoms with Crippen LogP contribution in [0.2, 0.25) is 0 Å². The van der Waals surface area contributed by atoms with Gasteiger partial charge < -0.3 is 19.0 Å². The Bertz CT molecular complexity index is 378. The van der Waals surface area contributed by atoms with Crippen LogP contribution in [-0.2, 0) is 16.0 Å². The minimum absolute atomic E-state index is 0.298. The molecule has 1 aromatic heterocycles. The van der Waals surface area contributed by atoms with E-state index >= 15 is 0 Å². The van der Waals surface area contributed by atoms with Crippen molar-refractivity contribution in [3.8, 4) is 0 Å². The van der Waals surface area contributed by atoms with Crippen LogP contribution < -0.4 is 0 Å². The summed E-state index contributed by atoms with van der Waals surface area (Å²) < 4.78 is 15.9. The summed E-state index contributed by atoms with van der Waals surface area (Å²) in [5, 5.41) is 9.96. The van der Waals surface area contributed by atoms with Gasteiger partial charge in [0.25, 0.3) is 0 Å². The Morgan fingerprint density at radius 1 is 1.50 bits per heavy atom. The quantitative estimate of drug-likeness (QED) is 0.494. The predicted molar refractivity (Wildman–Crippen MR) is 77.6 cm³/mol. The van der Waals surface area contributed by atoms with Gasteiger partial charge in [0.1, 0.15) is 11.5 Å². The maximum absolute atomic E-state index is 9.96. The highest BCUT2D eigenvalue weighted by molar-refractivity contribution is 5.05. The van der Waals surface area contributed by atoms with Gasteiger partial charge in [0.2, 0.25) is 0 Å². The van der Waals surface area contributed by atoms with E-state index in [-0.39, 0.29) is 0 Å². The van der Waals surface area contributed by atoms with Gasteiger partial charge in [-0.15, -0.1) is 6.58 Å². The van der Waals surface area contributed by atoms with Crippen LogP contribution in [-0.4, -0.2) is 56.1 Å². The second-order valence-corrected chi connectivity index (χ2v) is 4.72. The molecule has 20 heavy (non-hydrogen) atoms. The summed E-state index contributed by atoms with van der Waals surface area (Å²) >= 11 is 0. The molecule has 0 fully saturated rings. The fourth-order valence-electron chi connectivity index (χ4n) is 1.88. The first-order valence-corrected chi connectivity index (χ1v) is 6.79. The van der Waals surface area contributed by atoms with E-state index < -0.39 is 6.10 Å². The Labute approximate surface area is 120 Å². The predicted octanol–water partition coefficient (Wildman–Crippen LogP) is 1.60. The molecule has 1 heterocycles. The molecule has 0 aliphatic heterocycles. The van der Waals surface area contributed by atoms with Gasteiger partial charge in [-0.1, -0.05) is 6.08 Å². The number of aryl methyl sites for hydroxylation is 1. The molecule has 0 aliphatic carbocycles. The summed E-state index contributed by atoms with van der Waals surface area (Å²) in [6.07, 6.45) is 1.13. The van der Waals surface area contributed by atoms with Gasteiger partial charge in [-0.3, -0.25) is 4.90 Å². The third-order valence-corrected chi connectivity index (χ3v) is 2.80. The van der Waals surface area contributed by atoms with Crippen molar-refractivity contribution in [1.82, 2.24) is 4.90 Å². The molecule has 0 saturated carbocycles. The van der Waals surface area contributed by atoms with Gasteiger partial charge in [-0.2, -0.15) is 0 Å². The van der Waals surface area contributed by atoms with Crippen LogP contribution >= 0.6 is 0 Å². The van der Waals surface area contributed by atoms with Gasteiger partial charge in [0.15, 0.2) is 0 Å². The highest BCUT2D eigenvalue weighted by Gasteiger charge is 2.14. The summed E-state index contributed by atoms with van der Waals surface area (Å²) in [4.78, 5) is 2.09. The second-order valence-electron chi connectivity index (χ2n) is 4.72. The van der Waals surface area contributed by atoms with Crippen LogP contribution in [0.5, 0.6) is 0 Å². The second kappa shape index (κ2) is 9.72. The Balaban J connectivity index is 2.43. The van der Waals surface area contributed by atoms with Gasteiger partial charge >= 0.3 is 0 Å². The average molecular weight is 283 g/mol. The number of ether oxygens (including phenoxy) is 2. The van der Waals surface area contributed by atoms with E-state index in [9.17, 15) is 5.11 Å². The highest BCUT2D eigenvalue weighted by Crippen LogP contribution is 2.10. The Morgan fingerprint density at radius 3 is 2.90 bits per heavy atom. The zero-order valence-corrected chi connectivity index (χ0v) is 12.4. The SMILES string of the molecule is C=CCOCC(O)CN(CCOC)Cc1ccc(C)o1. The lowest BCUT2D eigenvalue weighted by molar-refractivity contribution is 0.0180. The van der Waals surface area contributed by atoms with Crippen molar-refractivity contribution in [2.45, 2.75) is 19.6 Å². The Hall–Kier alpha value is -1.14. The zero-order chi connectivity index (χ0) is 14.8. The van der Waals surface area contributed by atoms with Crippen LogP contribution in [0.3, 0.4) is 0 Å². The van der Waals surface area contributed by atoms with E-state index in [1.165, 1.54) is 0 Å². The smallest absolute Gasteiger partial charge is 0.118 e. The number of hydrogen-bond donors (Lipinski definition) is 1. The first-order valence-electron chi connectivity index (χ1n) is 6.79. The monoisotopic (exact) mass is 283 g/mol. The highest BCUT2D eigenvalue weighted by atomic mass is 16.5. The van der Waals surface area contributed by atoms with Crippen molar-refractivity contribution in [2.24, 2.45) is 0 Å². The Morgan fingerprint density at radius 2 is 2.30 bits per heavy atom. The summed E-state index contributed by atoms with van der Waals surface area (Å²) in [5.74, 6) is 1.78. The van der Waals surface area contributed by atoms with Gasteiger partial charge in [0.05, 0.1) is 32.5 Å². The molecule has 0 saturated heterocycles. The lowest BCUT2D eigenvalue weighted by Crippen LogP contribution is -2.36. The summed E-state index contributed by atoms with van der Waals surface area (Å²) in [7, 11) is 1.67. The van der Waals surface area contributed by atoms with Crippen LogP contribution in [0.25, 0.3) is 0 Å². The standard InChI is InChI=1S/C15H25NO4/c1-4-8-19-12-14(17)10-16(7-9-18-3)11-15-6-5-13(2)20-15/h4-6,14,17H,1,7-12H2,2-3H3. The molecule has 1 N–H and O–H groups in total. The third kappa shape index (κ3) is 6.86. The van der Waals surface area contributed by atoms with Gasteiger partial charge in [0, 0.05) is 20.2 Å². The maximum atomic E-state index is 9.96. The zero-order valence-electron chi connectivity index (χ0n) is 12.4. The number of methoxy groups -OCH3 is 1. The van der Waals surface area contributed by atoms with Gasteiger partial charge in [-0.25, -0.2) is 0 Å². The lowest BCUT2D eigenvalue weighted by atomic mass is 10.3. The molecule has 0 amide bonds. The van der Waals surface area contributed by atoms with Crippen molar-refractivity contribution < 1.29 is 19.0 Å². The van der Waals surface area contributed by atoms with Crippen LogP contribution in [0.4, 0.5) is 0 Å². The summed E-state index contributed by atoms with van der Waals surface area (Å²) in [5.41, 5.74) is 0. The minimum atomic E-state index is -0.539. The molecule has 0 radical (unpaired) electrons. The maximum Gasteiger partial charge on any atom is 0.118 e. The van der Waals surface area contributed by atoms with Crippen LogP contribution in [0.15, 0.2) is 29.2 Å². The fourth-order valence-corrected chi connectivity index (χ4v) is 1.88. The first kappa shape index (κ1) is 16.9. The van der Waals surface area contributed by atoms with Crippen LogP contribution in [0.1, 0.15) is 11.5 Å². The lowest BCUT2D eigenvalue weighted by Gasteiger charge is -2.23. The first-order chi connectivity index (χ1) is 9.65. The van der Waals surface area contributed by atoms with Crippen molar-refractivity contribution in [1.29, 1.82) is 0 Å². The molecule has 0 bridgehead atoms. The molecule has 114 valence electrons. The number of aliphatic hydroxyl groups excluding tert-OH is 1. The molecular weight excluding hydrogens is 258 g/mol. The average Bonchev–Trinajstić information content (AvgIpc) is 2.81. The molecule has 1 aromatic rings. The molecular formula is C15H25NO4. The largest absolute Gasteiger partial charge is 0.465 e. The third-order valence-electron chi connectivity index (χ3n) is 2.80. The normalized spacial score (nSPS) is 12.8. The molecule has 0 spiro atoms. The number of furan rings is 1. The van der Waals surface area contributed by atoms with Gasteiger partial charge in [-0.05, 0) is 19.1 Å². The topological polar surface area (TPSA) is 55.1 Å².